The Balaban J connectivity index is 1.41. The minimum Gasteiger partial charge on any atom is -0.506 e. The summed E-state index contributed by atoms with van der Waals surface area (Å²) in [5.74, 6) is -0.699. The predicted molar refractivity (Wildman–Crippen MR) is 141 cm³/mol. The van der Waals surface area contributed by atoms with Crippen LogP contribution in [0.25, 0.3) is 0 Å². The van der Waals surface area contributed by atoms with Crippen molar-refractivity contribution in [3.63, 3.8) is 0 Å². The monoisotopic (exact) mass is 544 g/mol. The number of phenols is 1. The smallest absolute Gasteiger partial charge is 0.266 e. The van der Waals surface area contributed by atoms with E-state index < -0.39 is 0 Å². The van der Waals surface area contributed by atoms with Crippen molar-refractivity contribution in [2.45, 2.75) is 6.42 Å². The first-order valence-corrected chi connectivity index (χ1v) is 12.0. The minimum atomic E-state index is -0.386. The van der Waals surface area contributed by atoms with Crippen molar-refractivity contribution in [3.05, 3.63) is 122 Å². The van der Waals surface area contributed by atoms with E-state index in [9.17, 15) is 14.7 Å². The number of halogens is 2. The lowest BCUT2D eigenvalue weighted by Crippen LogP contribution is -2.29. The molecule has 1 aliphatic heterocycles. The number of hydrogen-bond acceptors (Lipinski definition) is 4. The Morgan fingerprint density at radius 2 is 1.51 bits per heavy atom. The number of benzene rings is 4. The standard InChI is InChI=1S/C28H18BrClN2O3/c29-23-14-18(12-17-6-2-1-3-7-17)13-19(26(23)33)16-31-25-11-10-20(15-24(25)30)32-27(34)21-8-4-5-9-22(21)28(32)35/h1-11,13-16,33H,12H2. The zero-order chi connectivity index (χ0) is 24.5. The second-order valence-electron chi connectivity index (χ2n) is 8.06. The second-order valence-corrected chi connectivity index (χ2v) is 9.32. The van der Waals surface area contributed by atoms with Gasteiger partial charge in [0.1, 0.15) is 5.75 Å². The highest BCUT2D eigenvalue weighted by Crippen LogP contribution is 2.35. The van der Waals surface area contributed by atoms with Gasteiger partial charge in [-0.3, -0.25) is 14.6 Å². The lowest BCUT2D eigenvalue weighted by Gasteiger charge is -2.14. The van der Waals surface area contributed by atoms with E-state index in [0.29, 0.717) is 39.0 Å². The van der Waals surface area contributed by atoms with Gasteiger partial charge in [-0.15, -0.1) is 0 Å². The average molecular weight is 546 g/mol. The highest BCUT2D eigenvalue weighted by molar-refractivity contribution is 9.10. The van der Waals surface area contributed by atoms with Gasteiger partial charge < -0.3 is 5.11 Å². The molecule has 0 unspecified atom stereocenters. The molecule has 0 fully saturated rings. The summed E-state index contributed by atoms with van der Waals surface area (Å²) in [6.07, 6.45) is 2.24. The van der Waals surface area contributed by atoms with Crippen LogP contribution >= 0.6 is 27.5 Å². The number of carbonyl (C=O) groups excluding carboxylic acids is 2. The molecule has 0 spiro atoms. The molecule has 0 aliphatic carbocycles. The van der Waals surface area contributed by atoms with E-state index in [0.717, 1.165) is 16.0 Å². The molecule has 0 bridgehead atoms. The molecule has 0 saturated carbocycles. The molecule has 7 heteroatoms. The number of rotatable bonds is 5. The van der Waals surface area contributed by atoms with Gasteiger partial charge in [0.15, 0.2) is 0 Å². The first-order valence-electron chi connectivity index (χ1n) is 10.8. The van der Waals surface area contributed by atoms with Gasteiger partial charge in [0.25, 0.3) is 11.8 Å². The fourth-order valence-corrected chi connectivity index (χ4v) is 4.76. The Morgan fingerprint density at radius 3 is 2.17 bits per heavy atom. The van der Waals surface area contributed by atoms with Crippen LogP contribution in [0.3, 0.4) is 0 Å². The molecule has 1 aliphatic rings. The third-order valence-corrected chi connectivity index (χ3v) is 6.64. The molecule has 0 aromatic heterocycles. The number of anilines is 1. The number of aliphatic imine (C=N–C) groups is 1. The van der Waals surface area contributed by atoms with Crippen LogP contribution in [0.15, 0.2) is 94.4 Å². The van der Waals surface area contributed by atoms with Gasteiger partial charge in [-0.05, 0) is 75.9 Å². The molecule has 1 heterocycles. The maximum absolute atomic E-state index is 12.7. The average Bonchev–Trinajstić information content (AvgIpc) is 3.11. The van der Waals surface area contributed by atoms with Gasteiger partial charge in [-0.2, -0.15) is 0 Å². The number of fused-ring (bicyclic) bond motifs is 1. The molecular formula is C28H18BrClN2O3. The third kappa shape index (κ3) is 4.50. The van der Waals surface area contributed by atoms with Crippen LogP contribution in [0.1, 0.15) is 37.4 Å². The van der Waals surface area contributed by atoms with Gasteiger partial charge in [-0.25, -0.2) is 4.90 Å². The Kier molecular flexibility index (Phi) is 6.24. The summed E-state index contributed by atoms with van der Waals surface area (Å²) in [7, 11) is 0. The summed E-state index contributed by atoms with van der Waals surface area (Å²) < 4.78 is 0.569. The number of carbonyl (C=O) groups is 2. The van der Waals surface area contributed by atoms with E-state index in [2.05, 4.69) is 20.9 Å². The molecule has 5 rings (SSSR count). The second kappa shape index (κ2) is 9.49. The molecular weight excluding hydrogens is 528 g/mol. The van der Waals surface area contributed by atoms with Gasteiger partial charge >= 0.3 is 0 Å². The van der Waals surface area contributed by atoms with Crippen LogP contribution in [-0.2, 0) is 6.42 Å². The maximum Gasteiger partial charge on any atom is 0.266 e. The first kappa shape index (κ1) is 23.0. The van der Waals surface area contributed by atoms with Gasteiger partial charge in [0.05, 0.1) is 32.0 Å². The SMILES string of the molecule is O=C1c2ccccc2C(=O)N1c1ccc(N=Cc2cc(Cc3ccccc3)cc(Br)c2O)c(Cl)c1. The van der Waals surface area contributed by atoms with Crippen molar-refractivity contribution in [1.82, 2.24) is 0 Å². The van der Waals surface area contributed by atoms with Gasteiger partial charge in [0.2, 0.25) is 0 Å². The fourth-order valence-electron chi connectivity index (χ4n) is 4.01. The Hall–Kier alpha value is -3.74. The summed E-state index contributed by atoms with van der Waals surface area (Å²) in [6.45, 7) is 0. The number of amides is 2. The molecule has 4 aromatic carbocycles. The quantitative estimate of drug-likeness (QED) is 0.218. The number of aromatic hydroxyl groups is 1. The predicted octanol–water partition coefficient (Wildman–Crippen LogP) is 6.95. The molecule has 5 nitrogen and oxygen atoms in total. The van der Waals surface area contributed by atoms with E-state index in [1.54, 1.807) is 36.4 Å². The van der Waals surface area contributed by atoms with Crippen LogP contribution in [0.2, 0.25) is 5.02 Å². The zero-order valence-electron chi connectivity index (χ0n) is 18.3. The summed E-state index contributed by atoms with van der Waals surface area (Å²) in [5.41, 5.74) is 4.24. The van der Waals surface area contributed by atoms with Crippen molar-refractivity contribution in [1.29, 1.82) is 0 Å². The number of hydrogen-bond donors (Lipinski definition) is 1. The van der Waals surface area contributed by atoms with Crippen molar-refractivity contribution in [2.75, 3.05) is 4.90 Å². The van der Waals surface area contributed by atoms with E-state index >= 15 is 0 Å². The zero-order valence-corrected chi connectivity index (χ0v) is 20.6. The van der Waals surface area contributed by atoms with Crippen LogP contribution in [0.5, 0.6) is 5.75 Å². The van der Waals surface area contributed by atoms with E-state index in [1.807, 2.05) is 42.5 Å². The Morgan fingerprint density at radius 1 is 0.857 bits per heavy atom. The van der Waals surface area contributed by atoms with Crippen LogP contribution < -0.4 is 4.90 Å². The van der Waals surface area contributed by atoms with E-state index in [4.69, 9.17) is 11.6 Å². The Labute approximate surface area is 215 Å². The summed E-state index contributed by atoms with van der Waals surface area (Å²) in [4.78, 5) is 31.1. The van der Waals surface area contributed by atoms with Crippen LogP contribution in [0, 0.1) is 0 Å². The fraction of sp³-hybridized carbons (Fsp3) is 0.0357. The minimum absolute atomic E-state index is 0.0735. The molecule has 35 heavy (non-hydrogen) atoms. The lowest BCUT2D eigenvalue weighted by molar-refractivity contribution is 0.0926. The van der Waals surface area contributed by atoms with E-state index in [-0.39, 0.29) is 22.6 Å². The molecule has 172 valence electrons. The van der Waals surface area contributed by atoms with Crippen molar-refractivity contribution < 1.29 is 14.7 Å². The molecule has 0 saturated heterocycles. The maximum atomic E-state index is 12.7. The summed E-state index contributed by atoms with van der Waals surface area (Å²) >= 11 is 9.87. The van der Waals surface area contributed by atoms with Gasteiger partial charge in [-0.1, -0.05) is 54.1 Å². The van der Waals surface area contributed by atoms with Crippen LogP contribution in [-0.4, -0.2) is 23.1 Å². The van der Waals surface area contributed by atoms with Crippen molar-refractivity contribution in [3.8, 4) is 5.75 Å². The first-order chi connectivity index (χ1) is 16.9. The third-order valence-electron chi connectivity index (χ3n) is 5.73. The summed E-state index contributed by atoms with van der Waals surface area (Å²) in [6, 6.07) is 25.3. The number of imide groups is 1. The van der Waals surface area contributed by atoms with Crippen molar-refractivity contribution >= 4 is 56.9 Å². The molecule has 1 N–H and O–H groups in total. The molecule has 2 amide bonds. The highest BCUT2D eigenvalue weighted by atomic mass is 79.9. The Bertz CT molecular complexity index is 1470. The van der Waals surface area contributed by atoms with E-state index in [1.165, 1.54) is 12.3 Å². The number of nitrogens with zero attached hydrogens (tertiary/aromatic N) is 2. The lowest BCUT2D eigenvalue weighted by atomic mass is 10.0. The van der Waals surface area contributed by atoms with Crippen LogP contribution in [0.4, 0.5) is 11.4 Å². The van der Waals surface area contributed by atoms with Gasteiger partial charge in [0, 0.05) is 11.8 Å². The number of phenolic OH excluding ortho intramolecular Hbond substituents is 1. The summed E-state index contributed by atoms with van der Waals surface area (Å²) in [5, 5.41) is 10.8. The van der Waals surface area contributed by atoms with Crippen molar-refractivity contribution in [2.24, 2.45) is 4.99 Å². The molecule has 4 aromatic rings. The largest absolute Gasteiger partial charge is 0.506 e. The molecule has 0 radical (unpaired) electrons. The highest BCUT2D eigenvalue weighted by Gasteiger charge is 2.36. The topological polar surface area (TPSA) is 70.0 Å². The normalized spacial score (nSPS) is 13.0. The molecule has 0 atom stereocenters.